The molecule has 8 nitrogen and oxygen atoms in total. The molecule has 2 aromatic rings. The van der Waals surface area contributed by atoms with E-state index in [2.05, 4.69) is 0 Å². The quantitative estimate of drug-likeness (QED) is 0.546. The molecule has 1 aromatic carbocycles. The average molecular weight is 557 g/mol. The summed E-state index contributed by atoms with van der Waals surface area (Å²) in [6.45, 7) is 0.711. The van der Waals surface area contributed by atoms with Crippen molar-refractivity contribution < 1.29 is 44.7 Å². The molecule has 0 aliphatic carbocycles. The highest BCUT2D eigenvalue weighted by Crippen LogP contribution is 2.43. The van der Waals surface area contributed by atoms with Crippen molar-refractivity contribution in [3.63, 3.8) is 0 Å². The van der Waals surface area contributed by atoms with Crippen LogP contribution in [0.15, 0.2) is 34.5 Å². The van der Waals surface area contributed by atoms with Crippen molar-refractivity contribution in [3.05, 3.63) is 46.3 Å². The number of halogens is 6. The Morgan fingerprint density at radius 3 is 2.31 bits per heavy atom. The van der Waals surface area contributed by atoms with Crippen LogP contribution in [-0.2, 0) is 26.6 Å². The number of thiophene rings is 1. The lowest BCUT2D eigenvalue weighted by atomic mass is 10.0. The molecule has 1 aliphatic rings. The van der Waals surface area contributed by atoms with Gasteiger partial charge in [-0.05, 0) is 37.3 Å². The minimum atomic E-state index is -5.51. The zero-order chi connectivity index (χ0) is 27.3. The fourth-order valence-electron chi connectivity index (χ4n) is 3.79. The fraction of sp³-hybridized carbons (Fsp3) is 0.400. The second-order valence-corrected chi connectivity index (χ2v) is 11.1. The molecule has 0 radical (unpaired) electrons. The van der Waals surface area contributed by atoms with E-state index in [0.717, 1.165) is 16.4 Å². The Morgan fingerprint density at radius 2 is 1.81 bits per heavy atom. The first-order valence-electron chi connectivity index (χ1n) is 10.0. The first kappa shape index (κ1) is 27.7. The lowest BCUT2D eigenvalue weighted by Crippen LogP contribution is -2.54. The Bertz CT molecular complexity index is 1320. The van der Waals surface area contributed by atoms with Crippen LogP contribution in [0.5, 0.6) is 0 Å². The van der Waals surface area contributed by atoms with Gasteiger partial charge in [-0.1, -0.05) is 0 Å². The summed E-state index contributed by atoms with van der Waals surface area (Å²) < 4.78 is 107. The summed E-state index contributed by atoms with van der Waals surface area (Å²) in [6.07, 6.45) is -10.3. The number of carbonyl (C=O) groups is 1. The van der Waals surface area contributed by atoms with Crippen LogP contribution in [0.1, 0.15) is 22.9 Å². The molecule has 2 unspecified atom stereocenters. The molecule has 1 fully saturated rings. The van der Waals surface area contributed by atoms with E-state index >= 15 is 0 Å². The van der Waals surface area contributed by atoms with Crippen LogP contribution < -0.4 is 10.6 Å². The van der Waals surface area contributed by atoms with Gasteiger partial charge in [-0.3, -0.25) is 4.79 Å². The van der Waals surface area contributed by atoms with E-state index in [1.54, 1.807) is 6.07 Å². The smallest absolute Gasteiger partial charge is 0.368 e. The SMILES string of the molecule is CC1CN(c2ccc(C#N)cc2C(F)(F)F)CCN1S(=O)(=O)c1ccc(C(O)(C(N)=O)C(F)(F)F)s1. The van der Waals surface area contributed by atoms with Crippen molar-refractivity contribution in [1.82, 2.24) is 4.31 Å². The largest absolute Gasteiger partial charge is 0.431 e. The number of anilines is 1. The van der Waals surface area contributed by atoms with Gasteiger partial charge in [0.2, 0.25) is 0 Å². The number of aliphatic hydroxyl groups is 1. The Hall–Kier alpha value is -2.87. The second kappa shape index (κ2) is 9.21. The van der Waals surface area contributed by atoms with E-state index in [1.807, 2.05) is 0 Å². The fourth-order valence-corrected chi connectivity index (χ4v) is 6.96. The van der Waals surface area contributed by atoms with Crippen LogP contribution in [0, 0.1) is 11.3 Å². The van der Waals surface area contributed by atoms with Crippen molar-refractivity contribution >= 4 is 33.0 Å². The molecule has 0 spiro atoms. The maximum atomic E-state index is 13.6. The third kappa shape index (κ3) is 4.75. The van der Waals surface area contributed by atoms with Gasteiger partial charge in [0.25, 0.3) is 21.5 Å². The number of hydrogen-bond acceptors (Lipinski definition) is 7. The van der Waals surface area contributed by atoms with Gasteiger partial charge in [-0.15, -0.1) is 11.3 Å². The second-order valence-electron chi connectivity index (χ2n) is 7.94. The lowest BCUT2D eigenvalue weighted by molar-refractivity contribution is -0.254. The third-order valence-electron chi connectivity index (χ3n) is 5.61. The molecule has 0 saturated carbocycles. The summed E-state index contributed by atoms with van der Waals surface area (Å²) in [5.41, 5.74) is -0.878. The van der Waals surface area contributed by atoms with Crippen LogP contribution in [-0.4, -0.2) is 55.6 Å². The van der Waals surface area contributed by atoms with Crippen LogP contribution in [0.25, 0.3) is 0 Å². The van der Waals surface area contributed by atoms with Gasteiger partial charge in [0.15, 0.2) is 0 Å². The zero-order valence-electron chi connectivity index (χ0n) is 18.3. The number of nitriles is 1. The van der Waals surface area contributed by atoms with Gasteiger partial charge in [-0.2, -0.15) is 35.9 Å². The first-order valence-corrected chi connectivity index (χ1v) is 12.3. The summed E-state index contributed by atoms with van der Waals surface area (Å²) in [4.78, 5) is 11.6. The number of rotatable bonds is 5. The predicted octanol–water partition coefficient (Wildman–Crippen LogP) is 2.77. The predicted molar refractivity (Wildman–Crippen MR) is 115 cm³/mol. The monoisotopic (exact) mass is 556 g/mol. The van der Waals surface area contributed by atoms with E-state index in [4.69, 9.17) is 11.0 Å². The lowest BCUT2D eigenvalue weighted by Gasteiger charge is -2.40. The van der Waals surface area contributed by atoms with Crippen molar-refractivity contribution in [2.45, 2.75) is 35.1 Å². The van der Waals surface area contributed by atoms with E-state index in [1.165, 1.54) is 17.9 Å². The Balaban J connectivity index is 1.90. The highest BCUT2D eigenvalue weighted by Gasteiger charge is 2.61. The van der Waals surface area contributed by atoms with Crippen molar-refractivity contribution in [2.24, 2.45) is 5.73 Å². The minimum absolute atomic E-state index is 0.0113. The summed E-state index contributed by atoms with van der Waals surface area (Å²) in [5.74, 6) is -2.13. The summed E-state index contributed by atoms with van der Waals surface area (Å²) in [7, 11) is -4.45. The molecule has 2 heterocycles. The summed E-state index contributed by atoms with van der Waals surface area (Å²) >= 11 is 0.0113. The molecule has 1 amide bonds. The number of amides is 1. The molecule has 1 aromatic heterocycles. The number of primary amides is 1. The van der Waals surface area contributed by atoms with Gasteiger partial charge in [-0.25, -0.2) is 8.42 Å². The van der Waals surface area contributed by atoms with Gasteiger partial charge in [0.05, 0.1) is 22.1 Å². The molecule has 1 saturated heterocycles. The number of hydrogen-bond donors (Lipinski definition) is 2. The average Bonchev–Trinajstić information content (AvgIpc) is 3.27. The highest BCUT2D eigenvalue weighted by molar-refractivity contribution is 7.91. The molecule has 2 atom stereocenters. The standard InChI is InChI=1S/C20H18F6N4O4S2/c1-11-10-29(14-3-2-12(9-27)8-13(14)19(21,22)23)6-7-30(11)36(33,34)16-5-4-15(35-16)18(32,17(28)31)20(24,25)26/h2-5,8,11,32H,6-7,10H2,1H3,(H2,28,31). The summed E-state index contributed by atoms with van der Waals surface area (Å²) in [6, 6.07) is 5.14. The van der Waals surface area contributed by atoms with Gasteiger partial charge < -0.3 is 15.7 Å². The number of piperazine rings is 1. The molecule has 3 rings (SSSR count). The normalized spacial score (nSPS) is 19.5. The Morgan fingerprint density at radius 1 is 1.17 bits per heavy atom. The molecular formula is C20H18F6N4O4S2. The number of benzene rings is 1. The molecule has 36 heavy (non-hydrogen) atoms. The molecule has 1 aliphatic heterocycles. The number of nitrogens with zero attached hydrogens (tertiary/aromatic N) is 3. The maximum absolute atomic E-state index is 13.6. The van der Waals surface area contributed by atoms with E-state index in [0.29, 0.717) is 12.1 Å². The number of carbonyl (C=O) groups excluding carboxylic acids is 1. The number of alkyl halides is 6. The van der Waals surface area contributed by atoms with E-state index in [-0.39, 0.29) is 42.2 Å². The first-order chi connectivity index (χ1) is 16.4. The summed E-state index contributed by atoms with van der Waals surface area (Å²) in [5, 5.41) is 18.8. The van der Waals surface area contributed by atoms with Crippen molar-refractivity contribution in [3.8, 4) is 6.07 Å². The highest BCUT2D eigenvalue weighted by atomic mass is 32.2. The van der Waals surface area contributed by atoms with E-state index < -0.39 is 54.6 Å². The van der Waals surface area contributed by atoms with Crippen LogP contribution in [0.3, 0.4) is 0 Å². The molecular weight excluding hydrogens is 538 g/mol. The Labute approximate surface area is 205 Å². The molecule has 0 bridgehead atoms. The van der Waals surface area contributed by atoms with Crippen LogP contribution >= 0.6 is 11.3 Å². The molecule has 3 N–H and O–H groups in total. The molecule has 16 heteroatoms. The van der Waals surface area contributed by atoms with Crippen molar-refractivity contribution in [2.75, 3.05) is 24.5 Å². The number of nitrogens with two attached hydrogens (primary N) is 1. The number of sulfonamides is 1. The minimum Gasteiger partial charge on any atom is -0.368 e. The Kier molecular flexibility index (Phi) is 7.09. The van der Waals surface area contributed by atoms with Crippen LogP contribution in [0.2, 0.25) is 0 Å². The molecule has 196 valence electrons. The van der Waals surface area contributed by atoms with Crippen LogP contribution in [0.4, 0.5) is 32.0 Å². The third-order valence-corrected chi connectivity index (χ3v) is 9.28. The van der Waals surface area contributed by atoms with E-state index in [9.17, 15) is 44.7 Å². The van der Waals surface area contributed by atoms with Gasteiger partial charge >= 0.3 is 12.4 Å². The van der Waals surface area contributed by atoms with Gasteiger partial charge in [0.1, 0.15) is 4.21 Å². The van der Waals surface area contributed by atoms with Gasteiger partial charge in [0, 0.05) is 31.4 Å². The maximum Gasteiger partial charge on any atom is 0.431 e. The zero-order valence-corrected chi connectivity index (χ0v) is 19.9. The van der Waals surface area contributed by atoms with Crippen molar-refractivity contribution in [1.29, 1.82) is 5.26 Å². The topological polar surface area (TPSA) is 128 Å².